The van der Waals surface area contributed by atoms with Gasteiger partial charge in [0.15, 0.2) is 5.43 Å². The summed E-state index contributed by atoms with van der Waals surface area (Å²) in [5.74, 6) is -1.22. The zero-order chi connectivity index (χ0) is 15.6. The number of halogens is 1. The molecule has 0 spiro atoms. The van der Waals surface area contributed by atoms with Gasteiger partial charge in [-0.2, -0.15) is 0 Å². The minimum absolute atomic E-state index is 0.212. The topological polar surface area (TPSA) is 59.3 Å². The lowest BCUT2D eigenvalue weighted by Crippen LogP contribution is -2.22. The first kappa shape index (κ1) is 15.3. The molecule has 2 rings (SSSR count). The standard InChI is InChI=1S/C16H16ClNO3/c1-3-7-18-10(2)8-13(19)14(16(20)21)15(18)11-5-4-6-12(17)9-11/h4-6,8-9H,3,7H2,1-2H3,(H,20,21). The van der Waals surface area contributed by atoms with Gasteiger partial charge < -0.3 is 9.67 Å². The number of nitrogens with zero attached hydrogens (tertiary/aromatic N) is 1. The Hall–Kier alpha value is -2.07. The van der Waals surface area contributed by atoms with Gasteiger partial charge in [-0.25, -0.2) is 4.79 Å². The molecule has 0 bridgehead atoms. The molecule has 2 aromatic rings. The van der Waals surface area contributed by atoms with Crippen LogP contribution in [-0.2, 0) is 6.54 Å². The first-order chi connectivity index (χ1) is 9.95. The summed E-state index contributed by atoms with van der Waals surface area (Å²) in [5.41, 5.74) is 1.09. The second-order valence-corrected chi connectivity index (χ2v) is 5.28. The molecular formula is C16H16ClNO3. The van der Waals surface area contributed by atoms with Crippen molar-refractivity contribution in [2.75, 3.05) is 0 Å². The van der Waals surface area contributed by atoms with Crippen LogP contribution in [0.3, 0.4) is 0 Å². The number of carboxylic acid groups (broad SMARTS) is 1. The maximum atomic E-state index is 12.1. The number of hydrogen-bond donors (Lipinski definition) is 1. The zero-order valence-electron chi connectivity index (χ0n) is 11.9. The van der Waals surface area contributed by atoms with Crippen molar-refractivity contribution in [3.8, 4) is 11.3 Å². The first-order valence-electron chi connectivity index (χ1n) is 6.69. The largest absolute Gasteiger partial charge is 0.477 e. The summed E-state index contributed by atoms with van der Waals surface area (Å²) in [6.07, 6.45) is 0.830. The molecule has 4 nitrogen and oxygen atoms in total. The number of pyridine rings is 1. The van der Waals surface area contributed by atoms with Crippen molar-refractivity contribution in [2.24, 2.45) is 0 Å². The SMILES string of the molecule is CCCn1c(C)cc(=O)c(C(=O)O)c1-c1cccc(Cl)c1. The number of aryl methyl sites for hydroxylation is 1. The number of carboxylic acids is 1. The fourth-order valence-corrected chi connectivity index (χ4v) is 2.61. The van der Waals surface area contributed by atoms with Crippen molar-refractivity contribution in [1.29, 1.82) is 0 Å². The summed E-state index contributed by atoms with van der Waals surface area (Å²) in [6.45, 7) is 4.44. The summed E-state index contributed by atoms with van der Waals surface area (Å²) in [4.78, 5) is 23.6. The number of hydrogen-bond acceptors (Lipinski definition) is 2. The normalized spacial score (nSPS) is 10.6. The second-order valence-electron chi connectivity index (χ2n) is 4.84. The Labute approximate surface area is 127 Å². The van der Waals surface area contributed by atoms with Crippen LogP contribution in [0.4, 0.5) is 0 Å². The Kier molecular flexibility index (Phi) is 4.48. The zero-order valence-corrected chi connectivity index (χ0v) is 12.6. The fourth-order valence-electron chi connectivity index (χ4n) is 2.42. The third-order valence-electron chi connectivity index (χ3n) is 3.28. The highest BCUT2D eigenvalue weighted by Gasteiger charge is 2.20. The van der Waals surface area contributed by atoms with Crippen LogP contribution < -0.4 is 5.43 Å². The highest BCUT2D eigenvalue weighted by atomic mass is 35.5. The van der Waals surface area contributed by atoms with Gasteiger partial charge in [0.2, 0.25) is 0 Å². The van der Waals surface area contributed by atoms with E-state index in [0.717, 1.165) is 12.1 Å². The molecule has 0 aliphatic heterocycles. The predicted molar refractivity (Wildman–Crippen MR) is 83.1 cm³/mol. The van der Waals surface area contributed by atoms with E-state index in [4.69, 9.17) is 11.6 Å². The van der Waals surface area contributed by atoms with Gasteiger partial charge in [0, 0.05) is 28.9 Å². The molecule has 1 aromatic heterocycles. The maximum Gasteiger partial charge on any atom is 0.341 e. The average Bonchev–Trinajstić information content (AvgIpc) is 2.40. The molecule has 21 heavy (non-hydrogen) atoms. The molecule has 0 aliphatic carbocycles. The summed E-state index contributed by atoms with van der Waals surface area (Å²) in [7, 11) is 0. The quantitative estimate of drug-likeness (QED) is 0.939. The lowest BCUT2D eigenvalue weighted by Gasteiger charge is -2.18. The molecule has 0 radical (unpaired) electrons. The van der Waals surface area contributed by atoms with Gasteiger partial charge in [0.1, 0.15) is 5.56 Å². The number of aromatic carboxylic acids is 1. The Morgan fingerprint density at radius 2 is 2.05 bits per heavy atom. The van der Waals surface area contributed by atoms with Crippen LogP contribution in [0.25, 0.3) is 11.3 Å². The van der Waals surface area contributed by atoms with E-state index in [9.17, 15) is 14.7 Å². The van der Waals surface area contributed by atoms with E-state index in [1.165, 1.54) is 6.07 Å². The molecule has 0 amide bonds. The van der Waals surface area contributed by atoms with E-state index in [0.29, 0.717) is 22.8 Å². The van der Waals surface area contributed by atoms with E-state index in [-0.39, 0.29) is 5.56 Å². The van der Waals surface area contributed by atoms with Crippen LogP contribution in [0.15, 0.2) is 35.1 Å². The van der Waals surface area contributed by atoms with Crippen LogP contribution >= 0.6 is 11.6 Å². The van der Waals surface area contributed by atoms with Gasteiger partial charge in [-0.1, -0.05) is 30.7 Å². The Bertz CT molecular complexity index is 750. The summed E-state index contributed by atoms with van der Waals surface area (Å²) < 4.78 is 1.86. The Balaban J connectivity index is 2.88. The van der Waals surface area contributed by atoms with E-state index in [1.54, 1.807) is 31.2 Å². The van der Waals surface area contributed by atoms with Crippen molar-refractivity contribution in [3.05, 3.63) is 56.8 Å². The monoisotopic (exact) mass is 305 g/mol. The molecule has 1 N–H and O–H groups in total. The molecule has 110 valence electrons. The smallest absolute Gasteiger partial charge is 0.341 e. The Morgan fingerprint density at radius 1 is 1.33 bits per heavy atom. The lowest BCUT2D eigenvalue weighted by molar-refractivity contribution is 0.0695. The van der Waals surface area contributed by atoms with Gasteiger partial charge in [-0.05, 0) is 25.5 Å². The van der Waals surface area contributed by atoms with Gasteiger partial charge in [-0.3, -0.25) is 4.79 Å². The summed E-state index contributed by atoms with van der Waals surface area (Å²) in [5, 5.41) is 9.92. The van der Waals surface area contributed by atoms with Gasteiger partial charge >= 0.3 is 5.97 Å². The molecular weight excluding hydrogens is 290 g/mol. The number of carbonyl (C=O) groups is 1. The number of aromatic nitrogens is 1. The first-order valence-corrected chi connectivity index (χ1v) is 7.07. The molecule has 0 saturated carbocycles. The highest BCUT2D eigenvalue weighted by molar-refractivity contribution is 6.30. The average molecular weight is 306 g/mol. The fraction of sp³-hybridized carbons (Fsp3) is 0.250. The van der Waals surface area contributed by atoms with E-state index < -0.39 is 11.4 Å². The minimum Gasteiger partial charge on any atom is -0.477 e. The summed E-state index contributed by atoms with van der Waals surface area (Å²) >= 11 is 6.00. The molecule has 5 heteroatoms. The minimum atomic E-state index is -1.22. The molecule has 0 fully saturated rings. The van der Waals surface area contributed by atoms with E-state index in [1.807, 2.05) is 11.5 Å². The van der Waals surface area contributed by atoms with Crippen LogP contribution in [0.1, 0.15) is 29.4 Å². The van der Waals surface area contributed by atoms with Crippen LogP contribution in [0.2, 0.25) is 5.02 Å². The van der Waals surface area contributed by atoms with Crippen molar-refractivity contribution in [3.63, 3.8) is 0 Å². The van der Waals surface area contributed by atoms with E-state index in [2.05, 4.69) is 0 Å². The van der Waals surface area contributed by atoms with E-state index >= 15 is 0 Å². The highest BCUT2D eigenvalue weighted by Crippen LogP contribution is 2.26. The van der Waals surface area contributed by atoms with Crippen molar-refractivity contribution < 1.29 is 9.90 Å². The maximum absolute atomic E-state index is 12.1. The predicted octanol–water partition coefficient (Wildman–Crippen LogP) is 3.59. The van der Waals surface area contributed by atoms with Crippen LogP contribution in [0.5, 0.6) is 0 Å². The third-order valence-corrected chi connectivity index (χ3v) is 3.51. The molecule has 0 unspecified atom stereocenters. The lowest BCUT2D eigenvalue weighted by atomic mass is 10.0. The Morgan fingerprint density at radius 3 is 2.62 bits per heavy atom. The number of benzene rings is 1. The third kappa shape index (κ3) is 3.00. The van der Waals surface area contributed by atoms with Crippen LogP contribution in [-0.4, -0.2) is 15.6 Å². The van der Waals surface area contributed by atoms with Crippen molar-refractivity contribution in [1.82, 2.24) is 4.57 Å². The molecule has 0 saturated heterocycles. The molecule has 0 aliphatic rings. The summed E-state index contributed by atoms with van der Waals surface area (Å²) in [6, 6.07) is 8.26. The molecule has 1 heterocycles. The molecule has 1 aromatic carbocycles. The van der Waals surface area contributed by atoms with Crippen LogP contribution in [0, 0.1) is 6.92 Å². The van der Waals surface area contributed by atoms with Crippen molar-refractivity contribution in [2.45, 2.75) is 26.8 Å². The van der Waals surface area contributed by atoms with Gasteiger partial charge in [0.25, 0.3) is 0 Å². The van der Waals surface area contributed by atoms with Crippen molar-refractivity contribution >= 4 is 17.6 Å². The molecule has 0 atom stereocenters. The van der Waals surface area contributed by atoms with Gasteiger partial charge in [0.05, 0.1) is 5.69 Å². The van der Waals surface area contributed by atoms with Gasteiger partial charge in [-0.15, -0.1) is 0 Å². The number of rotatable bonds is 4. The second kappa shape index (κ2) is 6.14.